The van der Waals surface area contributed by atoms with Crippen LogP contribution < -0.4 is 26.7 Å². The molecule has 2 fully saturated rings. The predicted molar refractivity (Wildman–Crippen MR) is 238 cm³/mol. The van der Waals surface area contributed by atoms with Crippen molar-refractivity contribution >= 4 is 65.8 Å². The van der Waals surface area contributed by atoms with E-state index in [1.807, 2.05) is 74.8 Å². The van der Waals surface area contributed by atoms with Crippen molar-refractivity contribution in [3.8, 4) is 22.5 Å². The normalized spacial score (nSPS) is 15.6. The zero-order chi connectivity index (χ0) is 40.1. The minimum Gasteiger partial charge on any atom is -0.370 e. The van der Waals surface area contributed by atoms with Gasteiger partial charge in [-0.15, -0.1) is 22.7 Å². The molecule has 6 aromatic heterocycles. The number of aryl methyl sites for hydroxylation is 2. The molecule has 2 aliphatic rings. The predicted octanol–water partition coefficient (Wildman–Crippen LogP) is 7.02. The van der Waals surface area contributed by atoms with E-state index < -0.39 is 0 Å². The van der Waals surface area contributed by atoms with Crippen LogP contribution >= 0.6 is 22.7 Å². The summed E-state index contributed by atoms with van der Waals surface area (Å²) in [5.41, 5.74) is 14.4. The molecule has 2 aromatic carbocycles. The third-order valence-electron chi connectivity index (χ3n) is 11.3. The molecule has 12 nitrogen and oxygen atoms in total. The standard InChI is InChI=1S/C23H25N5OS.C21H21N5OS/c1-15-24-20-12-16(4-6-21(20)30-15)19-13-23(29)28-14-18(5-7-22(28)25-19)27-10-8-17(9-11-27)26(2)3;1-13-23-18-10-14(2-4-19(18)28-13)17-11-21(27)26-12-16(3-5-20(26)24-17)25-8-6-15(22)7-9-25/h4-7,12-14,17H,8-11H2,1-3H3;2-5,10-12,15H,6-9,22H2,1H3. The topological polar surface area (TPSA) is 130 Å². The monoisotopic (exact) mass is 810 g/mol. The van der Waals surface area contributed by atoms with Crippen molar-refractivity contribution in [2.24, 2.45) is 5.73 Å². The number of aromatic nitrogens is 6. The molecule has 0 atom stereocenters. The molecule has 58 heavy (non-hydrogen) atoms. The molecular weight excluding hydrogens is 765 g/mol. The molecule has 0 unspecified atom stereocenters. The second-order valence-electron chi connectivity index (χ2n) is 15.5. The van der Waals surface area contributed by atoms with Crippen LogP contribution in [0.15, 0.2) is 94.8 Å². The average molecular weight is 811 g/mol. The number of nitrogens with zero attached hydrogens (tertiary/aromatic N) is 9. The number of pyridine rings is 2. The number of nitrogens with two attached hydrogens (primary N) is 1. The van der Waals surface area contributed by atoms with E-state index >= 15 is 0 Å². The molecular formula is C44H46N10O2S2. The SMILES string of the molecule is Cc1nc2cc(-c3cc(=O)n4cc(N5CCC(N(C)C)CC5)ccc4n3)ccc2s1.Cc1nc2cc(-c3cc(=O)n4cc(N5CCC(N)CC5)ccc4n3)ccc2s1. The Morgan fingerprint density at radius 3 is 1.50 bits per heavy atom. The van der Waals surface area contributed by atoms with E-state index in [1.54, 1.807) is 43.6 Å². The maximum absolute atomic E-state index is 12.9. The van der Waals surface area contributed by atoms with Crippen LogP contribution in [-0.2, 0) is 0 Å². The van der Waals surface area contributed by atoms with Crippen LogP contribution in [-0.4, -0.2) is 86.0 Å². The zero-order valence-electron chi connectivity index (χ0n) is 33.1. The van der Waals surface area contributed by atoms with Crippen molar-refractivity contribution < 1.29 is 0 Å². The summed E-state index contributed by atoms with van der Waals surface area (Å²) in [6.07, 6.45) is 8.03. The van der Waals surface area contributed by atoms with E-state index in [-0.39, 0.29) is 17.2 Å². The molecule has 2 aliphatic heterocycles. The first-order chi connectivity index (χ1) is 28.0. The van der Waals surface area contributed by atoms with Gasteiger partial charge in [-0.25, -0.2) is 19.9 Å². The van der Waals surface area contributed by atoms with Gasteiger partial charge in [0, 0.05) is 73.9 Å². The second kappa shape index (κ2) is 15.7. The molecule has 2 saturated heterocycles. The van der Waals surface area contributed by atoms with Gasteiger partial charge in [0.25, 0.3) is 11.1 Å². The quantitative estimate of drug-likeness (QED) is 0.194. The van der Waals surface area contributed by atoms with Crippen molar-refractivity contribution in [2.75, 3.05) is 50.1 Å². The van der Waals surface area contributed by atoms with Crippen LogP contribution in [0.25, 0.3) is 54.2 Å². The third-order valence-corrected chi connectivity index (χ3v) is 13.2. The van der Waals surface area contributed by atoms with E-state index in [0.29, 0.717) is 28.7 Å². The Kier molecular flexibility index (Phi) is 10.3. The van der Waals surface area contributed by atoms with Gasteiger partial charge >= 0.3 is 0 Å². The summed E-state index contributed by atoms with van der Waals surface area (Å²) in [6, 6.07) is 24.2. The first-order valence-electron chi connectivity index (χ1n) is 19.8. The van der Waals surface area contributed by atoms with Gasteiger partial charge in [-0.3, -0.25) is 18.4 Å². The number of fused-ring (bicyclic) bond motifs is 4. The lowest BCUT2D eigenvalue weighted by molar-refractivity contribution is 0.249. The first-order valence-corrected chi connectivity index (χ1v) is 21.4. The second-order valence-corrected chi connectivity index (χ2v) is 18.0. The molecule has 2 N–H and O–H groups in total. The van der Waals surface area contributed by atoms with E-state index in [2.05, 4.69) is 50.9 Å². The minimum atomic E-state index is -0.0786. The van der Waals surface area contributed by atoms with Gasteiger partial charge < -0.3 is 20.4 Å². The summed E-state index contributed by atoms with van der Waals surface area (Å²) in [7, 11) is 4.29. The average Bonchev–Trinajstić information content (AvgIpc) is 3.80. The van der Waals surface area contributed by atoms with Crippen molar-refractivity contribution in [3.63, 3.8) is 0 Å². The molecule has 0 aliphatic carbocycles. The van der Waals surface area contributed by atoms with Gasteiger partial charge in [0.1, 0.15) is 11.3 Å². The number of piperidine rings is 2. The minimum absolute atomic E-state index is 0.0606. The van der Waals surface area contributed by atoms with Crippen LogP contribution in [0, 0.1) is 13.8 Å². The first kappa shape index (κ1) is 38.0. The Morgan fingerprint density at radius 2 is 1.05 bits per heavy atom. The molecule has 8 aromatic rings. The highest BCUT2D eigenvalue weighted by atomic mass is 32.1. The lowest BCUT2D eigenvalue weighted by atomic mass is 10.0. The van der Waals surface area contributed by atoms with Crippen LogP contribution in [0.2, 0.25) is 0 Å². The number of benzene rings is 2. The van der Waals surface area contributed by atoms with Gasteiger partial charge in [-0.05, 0) is 102 Å². The van der Waals surface area contributed by atoms with Crippen molar-refractivity contribution in [1.29, 1.82) is 0 Å². The van der Waals surface area contributed by atoms with Crippen molar-refractivity contribution in [2.45, 2.75) is 51.6 Å². The molecule has 14 heteroatoms. The highest BCUT2D eigenvalue weighted by molar-refractivity contribution is 7.18. The molecule has 0 bridgehead atoms. The Balaban J connectivity index is 0.000000151. The highest BCUT2D eigenvalue weighted by Crippen LogP contribution is 2.29. The third kappa shape index (κ3) is 7.72. The molecule has 8 heterocycles. The summed E-state index contributed by atoms with van der Waals surface area (Å²) < 4.78 is 5.57. The lowest BCUT2D eigenvalue weighted by Gasteiger charge is -2.36. The van der Waals surface area contributed by atoms with Gasteiger partial charge in [-0.2, -0.15) is 0 Å². The molecule has 0 amide bonds. The summed E-state index contributed by atoms with van der Waals surface area (Å²) in [5.74, 6) is 0. The molecule has 0 spiro atoms. The molecule has 10 rings (SSSR count). The van der Waals surface area contributed by atoms with Crippen LogP contribution in [0.1, 0.15) is 35.7 Å². The zero-order valence-corrected chi connectivity index (χ0v) is 34.8. The summed E-state index contributed by atoms with van der Waals surface area (Å²) in [4.78, 5) is 51.2. The van der Waals surface area contributed by atoms with E-state index in [1.165, 1.54) is 0 Å². The molecule has 0 saturated carbocycles. The summed E-state index contributed by atoms with van der Waals surface area (Å²) in [6.45, 7) is 7.84. The Labute approximate surface area is 343 Å². The van der Waals surface area contributed by atoms with E-state index in [0.717, 1.165) is 105 Å². The van der Waals surface area contributed by atoms with Crippen LogP contribution in [0.5, 0.6) is 0 Å². The number of hydrogen-bond donors (Lipinski definition) is 1. The molecule has 296 valence electrons. The van der Waals surface area contributed by atoms with Gasteiger partial charge in [0.05, 0.1) is 53.2 Å². The number of anilines is 2. The van der Waals surface area contributed by atoms with Gasteiger partial charge in [0.15, 0.2) is 0 Å². The van der Waals surface area contributed by atoms with Gasteiger partial charge in [0.2, 0.25) is 0 Å². The maximum atomic E-state index is 12.9. The van der Waals surface area contributed by atoms with Gasteiger partial charge in [-0.1, -0.05) is 12.1 Å². The van der Waals surface area contributed by atoms with Crippen LogP contribution in [0.4, 0.5) is 11.4 Å². The lowest BCUT2D eigenvalue weighted by Crippen LogP contribution is -2.42. The van der Waals surface area contributed by atoms with E-state index in [9.17, 15) is 9.59 Å². The van der Waals surface area contributed by atoms with Crippen LogP contribution in [0.3, 0.4) is 0 Å². The Hall–Kier alpha value is -5.54. The highest BCUT2D eigenvalue weighted by Gasteiger charge is 2.22. The fourth-order valence-electron chi connectivity index (χ4n) is 8.05. The van der Waals surface area contributed by atoms with E-state index in [4.69, 9.17) is 15.7 Å². The Bertz CT molecular complexity index is 2920. The number of rotatable bonds is 5. The number of thiazole rings is 2. The fourth-order valence-corrected chi connectivity index (χ4v) is 9.67. The summed E-state index contributed by atoms with van der Waals surface area (Å²) >= 11 is 3.34. The Morgan fingerprint density at radius 1 is 0.603 bits per heavy atom. The van der Waals surface area contributed by atoms with Crippen molar-refractivity contribution in [3.05, 3.63) is 116 Å². The fraction of sp³-hybridized carbons (Fsp3) is 0.318. The van der Waals surface area contributed by atoms with Crippen molar-refractivity contribution in [1.82, 2.24) is 33.6 Å². The summed E-state index contributed by atoms with van der Waals surface area (Å²) in [5, 5.41) is 2.07. The largest absolute Gasteiger partial charge is 0.370 e. The smallest absolute Gasteiger partial charge is 0.258 e. The molecule has 0 radical (unpaired) electrons. The number of hydrogen-bond acceptors (Lipinski definition) is 12. The maximum Gasteiger partial charge on any atom is 0.258 e.